The van der Waals surface area contributed by atoms with Crippen molar-refractivity contribution in [3.8, 4) is 11.4 Å². The highest BCUT2D eigenvalue weighted by atomic mass is 15.1. The molecule has 6 nitrogen and oxygen atoms in total. The summed E-state index contributed by atoms with van der Waals surface area (Å²) >= 11 is 0. The molecule has 0 spiro atoms. The molecule has 24 heavy (non-hydrogen) atoms. The van der Waals surface area contributed by atoms with E-state index in [4.69, 9.17) is 0 Å². The predicted molar refractivity (Wildman–Crippen MR) is 92.5 cm³/mol. The maximum atomic E-state index is 4.69. The molecule has 0 aliphatic carbocycles. The second kappa shape index (κ2) is 6.37. The SMILES string of the molecule is C1=CN(c2ccncc2)CC(c2cccc(-c3cnccn3)n2)=N1. The van der Waals surface area contributed by atoms with Crippen LogP contribution in [0.5, 0.6) is 0 Å². The van der Waals surface area contributed by atoms with Crippen molar-refractivity contribution in [2.75, 3.05) is 11.4 Å². The molecule has 0 atom stereocenters. The molecule has 116 valence electrons. The Labute approximate surface area is 139 Å². The number of aliphatic imine (C=N–C) groups is 1. The number of hydrogen-bond acceptors (Lipinski definition) is 6. The molecule has 1 aliphatic rings. The standard InChI is InChI=1S/C18H14N6/c1-2-15(17-12-20-8-9-21-17)23-16(3-1)18-13-24(11-10-22-18)14-4-6-19-7-5-14/h1-12H,13H2. The number of pyridine rings is 2. The van der Waals surface area contributed by atoms with Crippen molar-refractivity contribution in [3.05, 3.63) is 79.4 Å². The van der Waals surface area contributed by atoms with Gasteiger partial charge in [-0.05, 0) is 24.3 Å². The Morgan fingerprint density at radius 2 is 1.71 bits per heavy atom. The molecule has 0 unspecified atom stereocenters. The van der Waals surface area contributed by atoms with Crippen LogP contribution in [0.25, 0.3) is 11.4 Å². The molecule has 0 bridgehead atoms. The van der Waals surface area contributed by atoms with Crippen LogP contribution < -0.4 is 4.90 Å². The first kappa shape index (κ1) is 14.2. The van der Waals surface area contributed by atoms with Gasteiger partial charge in [0.2, 0.25) is 0 Å². The number of hydrogen-bond donors (Lipinski definition) is 0. The lowest BCUT2D eigenvalue weighted by Crippen LogP contribution is -2.28. The minimum atomic E-state index is 0.650. The number of aromatic nitrogens is 4. The van der Waals surface area contributed by atoms with E-state index in [1.807, 2.05) is 36.5 Å². The first-order chi connectivity index (χ1) is 11.9. The van der Waals surface area contributed by atoms with Crippen molar-refractivity contribution in [2.45, 2.75) is 0 Å². The van der Waals surface area contributed by atoms with E-state index in [-0.39, 0.29) is 0 Å². The zero-order valence-electron chi connectivity index (χ0n) is 12.8. The van der Waals surface area contributed by atoms with Gasteiger partial charge in [0, 0.05) is 42.9 Å². The average molecular weight is 314 g/mol. The van der Waals surface area contributed by atoms with Gasteiger partial charge in [0.05, 0.1) is 29.8 Å². The lowest BCUT2D eigenvalue weighted by atomic mass is 10.1. The van der Waals surface area contributed by atoms with Crippen LogP contribution >= 0.6 is 0 Å². The molecule has 0 N–H and O–H groups in total. The Hall–Kier alpha value is -3.41. The van der Waals surface area contributed by atoms with Crippen LogP contribution in [0.3, 0.4) is 0 Å². The molecule has 4 heterocycles. The summed E-state index contributed by atoms with van der Waals surface area (Å²) in [6, 6.07) is 9.79. The second-order valence-electron chi connectivity index (χ2n) is 5.21. The van der Waals surface area contributed by atoms with Gasteiger partial charge in [0.25, 0.3) is 0 Å². The quantitative estimate of drug-likeness (QED) is 0.743. The second-order valence-corrected chi connectivity index (χ2v) is 5.21. The smallest absolute Gasteiger partial charge is 0.107 e. The van der Waals surface area contributed by atoms with Gasteiger partial charge in [-0.1, -0.05) is 6.07 Å². The number of anilines is 1. The molecule has 0 amide bonds. The summed E-state index contributed by atoms with van der Waals surface area (Å²) in [5.74, 6) is 0. The van der Waals surface area contributed by atoms with Gasteiger partial charge >= 0.3 is 0 Å². The van der Waals surface area contributed by atoms with Gasteiger partial charge in [-0.3, -0.25) is 19.9 Å². The fraction of sp³-hybridized carbons (Fsp3) is 0.0556. The van der Waals surface area contributed by atoms with Crippen molar-refractivity contribution >= 4 is 11.4 Å². The highest BCUT2D eigenvalue weighted by Crippen LogP contribution is 2.18. The molecule has 0 aromatic carbocycles. The van der Waals surface area contributed by atoms with Gasteiger partial charge in [0.15, 0.2) is 0 Å². The minimum Gasteiger partial charge on any atom is -0.340 e. The molecular formula is C18H14N6. The highest BCUT2D eigenvalue weighted by molar-refractivity contribution is 6.03. The third-order valence-electron chi connectivity index (χ3n) is 3.66. The molecule has 0 saturated carbocycles. The molecule has 4 rings (SSSR count). The van der Waals surface area contributed by atoms with E-state index in [1.54, 1.807) is 37.2 Å². The van der Waals surface area contributed by atoms with Crippen LogP contribution in [-0.4, -0.2) is 32.2 Å². The van der Waals surface area contributed by atoms with E-state index in [2.05, 4.69) is 29.8 Å². The number of nitrogens with zero attached hydrogens (tertiary/aromatic N) is 6. The van der Waals surface area contributed by atoms with Crippen LogP contribution in [-0.2, 0) is 0 Å². The molecule has 0 fully saturated rings. The fourth-order valence-electron chi connectivity index (χ4n) is 2.49. The molecular weight excluding hydrogens is 300 g/mol. The van der Waals surface area contributed by atoms with Gasteiger partial charge in [-0.2, -0.15) is 0 Å². The van der Waals surface area contributed by atoms with Gasteiger partial charge < -0.3 is 4.90 Å². The fourth-order valence-corrected chi connectivity index (χ4v) is 2.49. The molecule has 1 aliphatic heterocycles. The summed E-state index contributed by atoms with van der Waals surface area (Å²) in [4.78, 5) is 23.7. The first-order valence-electron chi connectivity index (χ1n) is 7.54. The zero-order chi connectivity index (χ0) is 16.2. The summed E-state index contributed by atoms with van der Waals surface area (Å²) in [5.41, 5.74) is 4.34. The van der Waals surface area contributed by atoms with Crippen LogP contribution in [0.4, 0.5) is 5.69 Å². The third kappa shape index (κ3) is 2.89. The molecule has 0 saturated heterocycles. The summed E-state index contributed by atoms with van der Waals surface area (Å²) in [6.07, 6.45) is 12.3. The summed E-state index contributed by atoms with van der Waals surface area (Å²) in [5, 5.41) is 0. The lowest BCUT2D eigenvalue weighted by Gasteiger charge is -2.23. The predicted octanol–water partition coefficient (Wildman–Crippen LogP) is 2.71. The summed E-state index contributed by atoms with van der Waals surface area (Å²) in [7, 11) is 0. The van der Waals surface area contributed by atoms with Crippen molar-refractivity contribution in [1.82, 2.24) is 19.9 Å². The van der Waals surface area contributed by atoms with Gasteiger partial charge in [-0.15, -0.1) is 0 Å². The molecule has 3 aromatic rings. The van der Waals surface area contributed by atoms with Crippen LogP contribution in [0.2, 0.25) is 0 Å². The van der Waals surface area contributed by atoms with Gasteiger partial charge in [-0.25, -0.2) is 4.98 Å². The van der Waals surface area contributed by atoms with E-state index in [1.165, 1.54) is 0 Å². The lowest BCUT2D eigenvalue weighted by molar-refractivity contribution is 1.07. The van der Waals surface area contributed by atoms with Crippen LogP contribution in [0.1, 0.15) is 5.69 Å². The van der Waals surface area contributed by atoms with E-state index in [0.29, 0.717) is 6.54 Å². The van der Waals surface area contributed by atoms with E-state index >= 15 is 0 Å². The van der Waals surface area contributed by atoms with E-state index in [9.17, 15) is 0 Å². The normalized spacial score (nSPS) is 13.7. The Kier molecular flexibility index (Phi) is 3.77. The van der Waals surface area contributed by atoms with E-state index in [0.717, 1.165) is 28.5 Å². The van der Waals surface area contributed by atoms with Crippen LogP contribution in [0.15, 0.2) is 78.7 Å². The minimum absolute atomic E-state index is 0.650. The van der Waals surface area contributed by atoms with Crippen LogP contribution in [0, 0.1) is 0 Å². The first-order valence-corrected chi connectivity index (χ1v) is 7.54. The Bertz CT molecular complexity index is 890. The topological polar surface area (TPSA) is 67.2 Å². The molecule has 3 aromatic heterocycles. The monoisotopic (exact) mass is 314 g/mol. The van der Waals surface area contributed by atoms with Crippen molar-refractivity contribution in [1.29, 1.82) is 0 Å². The highest BCUT2D eigenvalue weighted by Gasteiger charge is 2.14. The van der Waals surface area contributed by atoms with E-state index < -0.39 is 0 Å². The van der Waals surface area contributed by atoms with Crippen molar-refractivity contribution in [3.63, 3.8) is 0 Å². The summed E-state index contributed by atoms with van der Waals surface area (Å²) in [6.45, 7) is 0.650. The Morgan fingerprint density at radius 1 is 0.833 bits per heavy atom. The molecule has 6 heteroatoms. The summed E-state index contributed by atoms with van der Waals surface area (Å²) < 4.78 is 0. The largest absolute Gasteiger partial charge is 0.340 e. The maximum absolute atomic E-state index is 4.69. The Morgan fingerprint density at radius 3 is 2.54 bits per heavy atom. The molecule has 0 radical (unpaired) electrons. The van der Waals surface area contributed by atoms with Gasteiger partial charge in [0.1, 0.15) is 5.69 Å². The average Bonchev–Trinajstić information content (AvgIpc) is 2.70. The maximum Gasteiger partial charge on any atom is 0.107 e. The van der Waals surface area contributed by atoms with Crippen molar-refractivity contribution in [2.24, 2.45) is 4.99 Å². The number of rotatable bonds is 3. The Balaban J connectivity index is 1.63. The van der Waals surface area contributed by atoms with Crippen molar-refractivity contribution < 1.29 is 0 Å². The third-order valence-corrected chi connectivity index (χ3v) is 3.66. The zero-order valence-corrected chi connectivity index (χ0v) is 12.8.